The van der Waals surface area contributed by atoms with Crippen LogP contribution in [0.25, 0.3) is 22.4 Å². The van der Waals surface area contributed by atoms with E-state index in [4.69, 9.17) is 5.11 Å². The minimum absolute atomic E-state index is 0. The van der Waals surface area contributed by atoms with Gasteiger partial charge in [0, 0.05) is 32.7 Å². The van der Waals surface area contributed by atoms with Gasteiger partial charge in [0.15, 0.2) is 5.78 Å². The van der Waals surface area contributed by atoms with Gasteiger partial charge in [0.2, 0.25) is 0 Å². The summed E-state index contributed by atoms with van der Waals surface area (Å²) in [6.45, 7) is 5.90. The van der Waals surface area contributed by atoms with E-state index in [0.29, 0.717) is 0 Å². The minimum Gasteiger partial charge on any atom is -0.512 e. The molecule has 3 rings (SSSR count). The van der Waals surface area contributed by atoms with Crippen LogP contribution in [0, 0.1) is 6.07 Å². The number of nitrogens with zero attached hydrogens (tertiary/aromatic N) is 2. The molecule has 0 unspecified atom stereocenters. The fourth-order valence-electron chi connectivity index (χ4n) is 2.43. The Balaban J connectivity index is 0.000000339. The number of benzene rings is 2. The summed E-state index contributed by atoms with van der Waals surface area (Å²) >= 11 is 0. The van der Waals surface area contributed by atoms with Crippen LogP contribution in [0.5, 0.6) is 0 Å². The SMILES string of the molecule is CC(=O)/C=C(/C)O.CCn1c(-c2[c-]cccc2)nc2ccccc21.[Ir]. The van der Waals surface area contributed by atoms with Crippen molar-refractivity contribution in [1.29, 1.82) is 0 Å². The predicted molar refractivity (Wildman–Crippen MR) is 96.7 cm³/mol. The van der Waals surface area contributed by atoms with E-state index in [1.165, 1.54) is 25.4 Å². The van der Waals surface area contributed by atoms with Crippen LogP contribution in [0.3, 0.4) is 0 Å². The van der Waals surface area contributed by atoms with E-state index in [9.17, 15) is 4.79 Å². The van der Waals surface area contributed by atoms with Gasteiger partial charge in [0.1, 0.15) is 0 Å². The number of imidazole rings is 1. The fourth-order valence-corrected chi connectivity index (χ4v) is 2.43. The molecule has 0 bridgehead atoms. The Morgan fingerprint density at radius 3 is 2.40 bits per heavy atom. The Morgan fingerprint density at radius 1 is 1.20 bits per heavy atom. The first-order chi connectivity index (χ1) is 11.5. The van der Waals surface area contributed by atoms with E-state index in [0.717, 1.165) is 23.4 Å². The van der Waals surface area contributed by atoms with Gasteiger partial charge in [-0.2, -0.15) is 0 Å². The third-order valence-electron chi connectivity index (χ3n) is 3.33. The average Bonchev–Trinajstić information content (AvgIpc) is 2.93. The van der Waals surface area contributed by atoms with Crippen molar-refractivity contribution in [1.82, 2.24) is 9.55 Å². The number of hydrogen-bond acceptors (Lipinski definition) is 3. The van der Waals surface area contributed by atoms with Crippen molar-refractivity contribution in [2.75, 3.05) is 0 Å². The molecule has 133 valence electrons. The Hall–Kier alpha value is -2.23. The molecule has 0 atom stereocenters. The number of aromatic nitrogens is 2. The zero-order valence-corrected chi connectivity index (χ0v) is 16.9. The molecule has 1 heterocycles. The monoisotopic (exact) mass is 514 g/mol. The van der Waals surface area contributed by atoms with Crippen molar-refractivity contribution in [3.8, 4) is 11.4 Å². The largest absolute Gasteiger partial charge is 0.512 e. The van der Waals surface area contributed by atoms with Crippen LogP contribution in [-0.4, -0.2) is 20.4 Å². The van der Waals surface area contributed by atoms with Crippen molar-refractivity contribution in [3.63, 3.8) is 0 Å². The van der Waals surface area contributed by atoms with Gasteiger partial charge in [-0.15, -0.1) is 35.9 Å². The van der Waals surface area contributed by atoms with Gasteiger partial charge in [0.25, 0.3) is 0 Å². The molecule has 1 aromatic heterocycles. The zero-order chi connectivity index (χ0) is 17.5. The van der Waals surface area contributed by atoms with Crippen LogP contribution in [0.4, 0.5) is 0 Å². The molecule has 0 aliphatic heterocycles. The van der Waals surface area contributed by atoms with Crippen molar-refractivity contribution >= 4 is 16.8 Å². The molecular formula is C20H21IrN2O2-. The maximum absolute atomic E-state index is 10.0. The first-order valence-corrected chi connectivity index (χ1v) is 7.83. The van der Waals surface area contributed by atoms with E-state index in [1.54, 1.807) is 0 Å². The molecular weight excluding hydrogens is 492 g/mol. The molecule has 0 aliphatic rings. The molecule has 0 saturated carbocycles. The average molecular weight is 514 g/mol. The third-order valence-corrected chi connectivity index (χ3v) is 3.33. The number of fused-ring (bicyclic) bond motifs is 1. The molecule has 0 aliphatic carbocycles. The first-order valence-electron chi connectivity index (χ1n) is 7.83. The first kappa shape index (κ1) is 20.8. The van der Waals surface area contributed by atoms with Gasteiger partial charge < -0.3 is 9.67 Å². The number of aliphatic hydroxyl groups excluding tert-OH is 1. The van der Waals surface area contributed by atoms with E-state index >= 15 is 0 Å². The van der Waals surface area contributed by atoms with E-state index < -0.39 is 0 Å². The Labute approximate surface area is 161 Å². The summed E-state index contributed by atoms with van der Waals surface area (Å²) in [6, 6.07) is 19.4. The van der Waals surface area contributed by atoms with Gasteiger partial charge in [-0.3, -0.25) is 9.78 Å². The number of ketones is 1. The summed E-state index contributed by atoms with van der Waals surface area (Å²) < 4.78 is 2.22. The summed E-state index contributed by atoms with van der Waals surface area (Å²) in [5.41, 5.74) is 3.27. The van der Waals surface area contributed by atoms with Gasteiger partial charge in [-0.05, 0) is 32.9 Å². The van der Waals surface area contributed by atoms with Crippen LogP contribution in [0.1, 0.15) is 20.8 Å². The second-order valence-corrected chi connectivity index (χ2v) is 5.34. The third kappa shape index (κ3) is 5.66. The molecule has 25 heavy (non-hydrogen) atoms. The second-order valence-electron chi connectivity index (χ2n) is 5.34. The molecule has 3 aromatic rings. The standard InChI is InChI=1S/C15H13N2.C5H8O2.Ir/c1-2-17-14-11-7-6-10-13(14)16-15(17)12-8-4-3-5-9-12;1-4(6)3-5(2)7;/h3-8,10-11H,2H2,1H3;3,6H,1-2H3;/q-1;;/b;4-3-;. The summed E-state index contributed by atoms with van der Waals surface area (Å²) in [5.74, 6) is 0.932. The van der Waals surface area contributed by atoms with Gasteiger partial charge >= 0.3 is 0 Å². The normalized spacial score (nSPS) is 10.6. The molecule has 4 nitrogen and oxygen atoms in total. The molecule has 0 spiro atoms. The predicted octanol–water partition coefficient (Wildman–Crippen LogP) is 4.56. The smallest absolute Gasteiger partial charge is 0.155 e. The number of aliphatic hydroxyl groups is 1. The van der Waals surface area contributed by atoms with Crippen LogP contribution in [0.2, 0.25) is 0 Å². The van der Waals surface area contributed by atoms with Crippen molar-refractivity contribution in [2.45, 2.75) is 27.3 Å². The van der Waals surface area contributed by atoms with Crippen LogP contribution >= 0.6 is 0 Å². The number of carbonyl (C=O) groups is 1. The van der Waals surface area contributed by atoms with Crippen molar-refractivity contribution < 1.29 is 30.0 Å². The summed E-state index contributed by atoms with van der Waals surface area (Å²) in [4.78, 5) is 14.7. The zero-order valence-electron chi connectivity index (χ0n) is 14.5. The summed E-state index contributed by atoms with van der Waals surface area (Å²) in [7, 11) is 0. The van der Waals surface area contributed by atoms with Crippen molar-refractivity contribution in [2.24, 2.45) is 0 Å². The maximum atomic E-state index is 10.0. The van der Waals surface area contributed by atoms with Crippen molar-refractivity contribution in [3.05, 3.63) is 66.4 Å². The van der Waals surface area contributed by atoms with E-state index in [-0.39, 0.29) is 31.6 Å². The van der Waals surface area contributed by atoms with Crippen LogP contribution in [-0.2, 0) is 31.4 Å². The Bertz CT molecular complexity index is 851. The molecule has 5 heteroatoms. The summed E-state index contributed by atoms with van der Waals surface area (Å²) in [6.07, 6.45) is 1.17. The van der Waals surface area contributed by atoms with Gasteiger partial charge in [-0.1, -0.05) is 12.1 Å². The molecule has 0 saturated heterocycles. The fraction of sp³-hybridized carbons (Fsp3) is 0.200. The maximum Gasteiger partial charge on any atom is 0.155 e. The van der Waals surface area contributed by atoms with E-state index in [2.05, 4.69) is 34.7 Å². The Kier molecular flexibility index (Phi) is 8.26. The molecule has 2 aromatic carbocycles. The molecule has 0 amide bonds. The van der Waals surface area contributed by atoms with Crippen LogP contribution < -0.4 is 0 Å². The number of para-hydroxylation sites is 2. The number of hydrogen-bond donors (Lipinski definition) is 1. The topological polar surface area (TPSA) is 55.1 Å². The quantitative estimate of drug-likeness (QED) is 0.318. The van der Waals surface area contributed by atoms with Gasteiger partial charge in [-0.25, -0.2) is 0 Å². The van der Waals surface area contributed by atoms with Crippen LogP contribution in [0.15, 0.2) is 60.4 Å². The molecule has 1 N–H and O–H groups in total. The molecule has 1 radical (unpaired) electrons. The molecule has 0 fully saturated rings. The van der Waals surface area contributed by atoms with Gasteiger partial charge in [0.05, 0.1) is 22.6 Å². The Morgan fingerprint density at radius 2 is 1.88 bits per heavy atom. The number of aryl methyl sites for hydroxylation is 1. The number of allylic oxidation sites excluding steroid dienone is 2. The number of carbonyl (C=O) groups excluding carboxylic acids is 1. The second kappa shape index (κ2) is 9.92. The number of rotatable bonds is 3. The summed E-state index contributed by atoms with van der Waals surface area (Å²) in [5, 5.41) is 8.36. The minimum atomic E-state index is -0.125. The van der Waals surface area contributed by atoms with E-state index in [1.807, 2.05) is 36.4 Å².